The Hall–Kier alpha value is -1.60. The van der Waals surface area contributed by atoms with Gasteiger partial charge in [0.15, 0.2) is 0 Å². The van der Waals surface area contributed by atoms with Crippen LogP contribution in [0.5, 0.6) is 5.75 Å². The van der Waals surface area contributed by atoms with Gasteiger partial charge in [-0.2, -0.15) is 0 Å². The molecule has 22 heavy (non-hydrogen) atoms. The number of carboxylic acids is 1. The Morgan fingerprint density at radius 2 is 2.18 bits per heavy atom. The fourth-order valence-corrected chi connectivity index (χ4v) is 3.66. The summed E-state index contributed by atoms with van der Waals surface area (Å²) in [7, 11) is 1.48. The van der Waals surface area contributed by atoms with Crippen molar-refractivity contribution < 1.29 is 24.2 Å². The lowest BCUT2D eigenvalue weighted by atomic mass is 9.54. The molecular formula is C15H21NO5S. The van der Waals surface area contributed by atoms with E-state index in [1.807, 2.05) is 6.92 Å². The highest BCUT2D eigenvalue weighted by Crippen LogP contribution is 2.51. The number of aliphatic carboxylic acids is 1. The first-order valence-corrected chi connectivity index (χ1v) is 7.97. The molecule has 1 amide bonds. The Morgan fingerprint density at radius 1 is 1.50 bits per heavy atom. The van der Waals surface area contributed by atoms with E-state index >= 15 is 0 Å². The molecule has 1 aromatic heterocycles. The molecule has 1 aliphatic rings. The normalized spacial score (nSPS) is 26.1. The van der Waals surface area contributed by atoms with Crippen LogP contribution in [0.3, 0.4) is 0 Å². The largest absolute Gasteiger partial charge is 0.495 e. The molecule has 122 valence electrons. The van der Waals surface area contributed by atoms with E-state index in [4.69, 9.17) is 9.47 Å². The predicted molar refractivity (Wildman–Crippen MR) is 82.5 cm³/mol. The van der Waals surface area contributed by atoms with E-state index in [9.17, 15) is 14.7 Å². The van der Waals surface area contributed by atoms with Crippen LogP contribution < -0.4 is 10.1 Å². The fraction of sp³-hybridized carbons (Fsp3) is 0.600. The monoisotopic (exact) mass is 327 g/mol. The summed E-state index contributed by atoms with van der Waals surface area (Å²) >= 11 is 1.22. The summed E-state index contributed by atoms with van der Waals surface area (Å²) in [5.74, 6) is -1.03. The molecule has 0 bridgehead atoms. The first kappa shape index (κ1) is 16.8. The smallest absolute Gasteiger partial charge is 0.330 e. The second-order valence-corrected chi connectivity index (χ2v) is 6.77. The standard InChI is InChI=1S/C15H21NO5S/c1-5-21-10-8-15(13(18)19,14(10,2)3)16-12(17)11-9(20-4)6-7-22-11/h6-7,10H,5,8H2,1-4H3,(H,16,17)(H,18,19)/t10-,15-/m1/s1. The highest BCUT2D eigenvalue weighted by molar-refractivity contribution is 7.12. The molecular weight excluding hydrogens is 306 g/mol. The molecule has 7 heteroatoms. The van der Waals surface area contributed by atoms with E-state index in [2.05, 4.69) is 5.32 Å². The molecule has 1 fully saturated rings. The van der Waals surface area contributed by atoms with E-state index < -0.39 is 22.8 Å². The molecule has 0 spiro atoms. The number of amides is 1. The van der Waals surface area contributed by atoms with Gasteiger partial charge in [0.1, 0.15) is 16.2 Å². The second kappa shape index (κ2) is 5.89. The number of thiophene rings is 1. The molecule has 2 N–H and O–H groups in total. The van der Waals surface area contributed by atoms with Crippen LogP contribution in [-0.4, -0.2) is 42.3 Å². The Kier molecular flexibility index (Phi) is 4.49. The van der Waals surface area contributed by atoms with Gasteiger partial charge >= 0.3 is 5.97 Å². The maximum Gasteiger partial charge on any atom is 0.330 e. The minimum absolute atomic E-state index is 0.195. The average molecular weight is 327 g/mol. The van der Waals surface area contributed by atoms with Gasteiger partial charge in [0, 0.05) is 18.4 Å². The zero-order valence-corrected chi connectivity index (χ0v) is 14.0. The first-order chi connectivity index (χ1) is 10.3. The maximum atomic E-state index is 12.5. The van der Waals surface area contributed by atoms with Crippen LogP contribution in [-0.2, 0) is 9.53 Å². The van der Waals surface area contributed by atoms with Crippen LogP contribution in [0.15, 0.2) is 11.4 Å². The van der Waals surface area contributed by atoms with Gasteiger partial charge in [-0.05, 0) is 18.4 Å². The van der Waals surface area contributed by atoms with Crippen LogP contribution in [0.1, 0.15) is 36.9 Å². The third-order valence-electron chi connectivity index (χ3n) is 4.51. The van der Waals surface area contributed by atoms with E-state index in [1.54, 1.807) is 25.3 Å². The highest BCUT2D eigenvalue weighted by Gasteiger charge is 2.66. The Bertz CT molecular complexity index is 582. The van der Waals surface area contributed by atoms with Crippen LogP contribution in [0.4, 0.5) is 0 Å². The van der Waals surface area contributed by atoms with E-state index in [1.165, 1.54) is 18.4 Å². The number of ether oxygens (including phenoxy) is 2. The quantitative estimate of drug-likeness (QED) is 0.836. The Labute approximate surface area is 133 Å². The Balaban J connectivity index is 2.24. The van der Waals surface area contributed by atoms with Gasteiger partial charge in [-0.1, -0.05) is 13.8 Å². The molecule has 0 unspecified atom stereocenters. The first-order valence-electron chi connectivity index (χ1n) is 7.09. The summed E-state index contributed by atoms with van der Waals surface area (Å²) in [4.78, 5) is 24.7. The number of hydrogen-bond acceptors (Lipinski definition) is 5. The summed E-state index contributed by atoms with van der Waals surface area (Å²) in [5.41, 5.74) is -2.03. The molecule has 2 rings (SSSR count). The number of carbonyl (C=O) groups is 2. The summed E-state index contributed by atoms with van der Waals surface area (Å²) < 4.78 is 10.7. The minimum Gasteiger partial charge on any atom is -0.495 e. The van der Waals surface area contributed by atoms with Crippen molar-refractivity contribution >= 4 is 23.2 Å². The summed E-state index contributed by atoms with van der Waals surface area (Å²) in [6.07, 6.45) is 0.0573. The van der Waals surface area contributed by atoms with Crippen LogP contribution >= 0.6 is 11.3 Å². The van der Waals surface area contributed by atoms with Gasteiger partial charge < -0.3 is 19.9 Å². The van der Waals surface area contributed by atoms with E-state index in [-0.39, 0.29) is 12.5 Å². The summed E-state index contributed by atoms with van der Waals surface area (Å²) in [6.45, 7) is 5.98. The van der Waals surface area contributed by atoms with Crippen molar-refractivity contribution in [2.45, 2.75) is 38.8 Å². The number of methoxy groups -OCH3 is 1. The zero-order valence-electron chi connectivity index (χ0n) is 13.1. The van der Waals surface area contributed by atoms with Crippen LogP contribution in [0.25, 0.3) is 0 Å². The lowest BCUT2D eigenvalue weighted by Gasteiger charge is -2.58. The average Bonchev–Trinajstić information content (AvgIpc) is 2.93. The van der Waals surface area contributed by atoms with Gasteiger partial charge in [-0.25, -0.2) is 4.79 Å². The Morgan fingerprint density at radius 3 is 2.68 bits per heavy atom. The molecule has 2 atom stereocenters. The van der Waals surface area contributed by atoms with Gasteiger partial charge in [-0.3, -0.25) is 4.79 Å². The summed E-state index contributed by atoms with van der Waals surface area (Å²) in [6, 6.07) is 1.68. The lowest BCUT2D eigenvalue weighted by molar-refractivity contribution is -0.190. The van der Waals surface area contributed by atoms with Crippen molar-refractivity contribution in [3.63, 3.8) is 0 Å². The maximum absolute atomic E-state index is 12.5. The zero-order chi connectivity index (χ0) is 16.5. The van der Waals surface area contributed by atoms with Crippen molar-refractivity contribution in [2.24, 2.45) is 5.41 Å². The fourth-order valence-electron chi connectivity index (χ4n) is 2.91. The number of carboxylic acid groups (broad SMARTS) is 1. The van der Waals surface area contributed by atoms with Gasteiger partial charge in [0.25, 0.3) is 5.91 Å². The molecule has 1 aliphatic carbocycles. The molecule has 0 radical (unpaired) electrons. The van der Waals surface area contributed by atoms with Gasteiger partial charge in [-0.15, -0.1) is 11.3 Å². The minimum atomic E-state index is -1.33. The number of nitrogens with one attached hydrogen (secondary N) is 1. The molecule has 0 aromatic carbocycles. The third-order valence-corrected chi connectivity index (χ3v) is 5.41. The summed E-state index contributed by atoms with van der Waals surface area (Å²) in [5, 5.41) is 14.1. The van der Waals surface area contributed by atoms with Crippen LogP contribution in [0.2, 0.25) is 0 Å². The third kappa shape index (κ3) is 2.38. The number of carbonyl (C=O) groups excluding carboxylic acids is 1. The second-order valence-electron chi connectivity index (χ2n) is 5.85. The molecule has 1 heterocycles. The molecule has 0 saturated heterocycles. The van der Waals surface area contributed by atoms with Crippen molar-refractivity contribution in [2.75, 3.05) is 13.7 Å². The van der Waals surface area contributed by atoms with Crippen LogP contribution in [0, 0.1) is 5.41 Å². The molecule has 1 saturated carbocycles. The molecule has 6 nitrogen and oxygen atoms in total. The molecule has 0 aliphatic heterocycles. The SMILES string of the molecule is CCO[C@@H]1C[C@@](NC(=O)c2sccc2OC)(C(=O)O)C1(C)C. The number of hydrogen-bond donors (Lipinski definition) is 2. The highest BCUT2D eigenvalue weighted by atomic mass is 32.1. The van der Waals surface area contributed by atoms with Gasteiger partial charge in [0.2, 0.25) is 0 Å². The lowest BCUT2D eigenvalue weighted by Crippen LogP contribution is -2.76. The molecule has 1 aromatic rings. The van der Waals surface area contributed by atoms with E-state index in [0.29, 0.717) is 17.2 Å². The van der Waals surface area contributed by atoms with E-state index in [0.717, 1.165) is 0 Å². The topological polar surface area (TPSA) is 84.9 Å². The number of rotatable bonds is 6. The van der Waals surface area contributed by atoms with Crippen molar-refractivity contribution in [1.29, 1.82) is 0 Å². The predicted octanol–water partition coefficient (Wildman–Crippen LogP) is 2.14. The van der Waals surface area contributed by atoms with Crippen molar-refractivity contribution in [1.82, 2.24) is 5.32 Å². The van der Waals surface area contributed by atoms with Crippen molar-refractivity contribution in [3.05, 3.63) is 16.3 Å². The van der Waals surface area contributed by atoms with Crippen molar-refractivity contribution in [3.8, 4) is 5.75 Å². The van der Waals surface area contributed by atoms with Gasteiger partial charge in [0.05, 0.1) is 13.2 Å².